The molecule has 0 aliphatic heterocycles. The Morgan fingerprint density at radius 1 is 1.00 bits per heavy atom. The number of urea groups is 1. The van der Waals surface area contributed by atoms with Crippen LogP contribution in [0.15, 0.2) is 54.6 Å². The Balaban J connectivity index is 1.74. The molecule has 2 aromatic carbocycles. The molecule has 0 bridgehead atoms. The predicted molar refractivity (Wildman–Crippen MR) is 105 cm³/mol. The zero-order chi connectivity index (χ0) is 21.3. The van der Waals surface area contributed by atoms with Crippen LogP contribution in [0.3, 0.4) is 0 Å². The van der Waals surface area contributed by atoms with E-state index in [1.54, 1.807) is 6.07 Å². The molecule has 0 atom stereocenters. The molecular weight excluding hydrogens is 383 g/mol. The highest BCUT2D eigenvalue weighted by atomic mass is 19.4. The Kier molecular flexibility index (Phi) is 8.33. The number of carbonyl (C=O) groups excluding carboxylic acids is 1. The summed E-state index contributed by atoms with van der Waals surface area (Å²) in [6.07, 6.45) is -4.01. The SMILES string of the molecule is CN(CCCNC(=O)N(C)Cc1ccccc1OC(F)(F)F)Cc1ccccc1. The van der Waals surface area contributed by atoms with E-state index < -0.39 is 6.36 Å². The van der Waals surface area contributed by atoms with Crippen molar-refractivity contribution < 1.29 is 22.7 Å². The number of nitrogens with one attached hydrogen (secondary N) is 1. The second kappa shape index (κ2) is 10.7. The smallest absolute Gasteiger partial charge is 0.405 e. The first-order valence-electron chi connectivity index (χ1n) is 9.29. The average molecular weight is 409 g/mol. The van der Waals surface area contributed by atoms with Crippen LogP contribution in [0.25, 0.3) is 0 Å². The Morgan fingerprint density at radius 2 is 1.66 bits per heavy atom. The topological polar surface area (TPSA) is 44.8 Å². The van der Waals surface area contributed by atoms with Crippen LogP contribution in [0.1, 0.15) is 17.5 Å². The van der Waals surface area contributed by atoms with Gasteiger partial charge in [-0.25, -0.2) is 4.79 Å². The van der Waals surface area contributed by atoms with Crippen molar-refractivity contribution >= 4 is 6.03 Å². The number of hydrogen-bond donors (Lipinski definition) is 1. The van der Waals surface area contributed by atoms with E-state index >= 15 is 0 Å². The van der Waals surface area contributed by atoms with Crippen molar-refractivity contribution in [2.45, 2.75) is 25.9 Å². The summed E-state index contributed by atoms with van der Waals surface area (Å²) in [7, 11) is 3.54. The van der Waals surface area contributed by atoms with E-state index in [9.17, 15) is 18.0 Å². The zero-order valence-corrected chi connectivity index (χ0v) is 16.6. The largest absolute Gasteiger partial charge is 0.573 e. The molecule has 0 aromatic heterocycles. The third-order valence-corrected chi connectivity index (χ3v) is 4.24. The monoisotopic (exact) mass is 409 g/mol. The summed E-state index contributed by atoms with van der Waals surface area (Å²) in [5, 5.41) is 2.79. The van der Waals surface area contributed by atoms with Crippen LogP contribution in [0, 0.1) is 0 Å². The summed E-state index contributed by atoms with van der Waals surface area (Å²) in [5.41, 5.74) is 1.50. The number of nitrogens with zero attached hydrogens (tertiary/aromatic N) is 2. The van der Waals surface area contributed by atoms with E-state index in [4.69, 9.17) is 0 Å². The Hall–Kier alpha value is -2.74. The summed E-state index contributed by atoms with van der Waals surface area (Å²) < 4.78 is 41.5. The van der Waals surface area contributed by atoms with Gasteiger partial charge in [0.15, 0.2) is 0 Å². The van der Waals surface area contributed by atoms with Gasteiger partial charge in [-0.05, 0) is 31.6 Å². The van der Waals surface area contributed by atoms with Gasteiger partial charge in [0.05, 0.1) is 6.54 Å². The van der Waals surface area contributed by atoms with Crippen molar-refractivity contribution in [2.24, 2.45) is 0 Å². The van der Waals surface area contributed by atoms with Crippen LogP contribution in [0.5, 0.6) is 5.75 Å². The van der Waals surface area contributed by atoms with E-state index in [1.807, 2.05) is 25.2 Å². The number of benzene rings is 2. The van der Waals surface area contributed by atoms with E-state index in [0.717, 1.165) is 19.5 Å². The van der Waals surface area contributed by atoms with Gasteiger partial charge in [-0.3, -0.25) is 0 Å². The molecule has 0 aliphatic rings. The van der Waals surface area contributed by atoms with Gasteiger partial charge >= 0.3 is 12.4 Å². The molecule has 2 amide bonds. The van der Waals surface area contributed by atoms with Crippen molar-refractivity contribution in [3.63, 3.8) is 0 Å². The van der Waals surface area contributed by atoms with Crippen LogP contribution in [0.2, 0.25) is 0 Å². The summed E-state index contributed by atoms with van der Waals surface area (Å²) in [6, 6.07) is 15.5. The first kappa shape index (κ1) is 22.5. The van der Waals surface area contributed by atoms with Crippen LogP contribution in [0.4, 0.5) is 18.0 Å². The number of ether oxygens (including phenoxy) is 1. The standard InChI is InChI=1S/C21H26F3N3O2/c1-26(15-17-9-4-3-5-10-17)14-8-13-25-20(28)27(2)16-18-11-6-7-12-19(18)29-21(22,23)24/h3-7,9-12H,8,13-16H2,1-2H3,(H,25,28). The van der Waals surface area contributed by atoms with Gasteiger partial charge < -0.3 is 19.9 Å². The fraction of sp³-hybridized carbons (Fsp3) is 0.381. The molecule has 0 fully saturated rings. The molecule has 0 saturated carbocycles. The van der Waals surface area contributed by atoms with Crippen molar-refractivity contribution in [3.05, 3.63) is 65.7 Å². The second-order valence-electron chi connectivity index (χ2n) is 6.82. The number of para-hydroxylation sites is 1. The van der Waals surface area contributed by atoms with Crippen LogP contribution in [-0.4, -0.2) is 49.4 Å². The molecule has 0 unspecified atom stereocenters. The van der Waals surface area contributed by atoms with Crippen molar-refractivity contribution in [1.82, 2.24) is 15.1 Å². The zero-order valence-electron chi connectivity index (χ0n) is 16.6. The van der Waals surface area contributed by atoms with Crippen LogP contribution >= 0.6 is 0 Å². The van der Waals surface area contributed by atoms with E-state index in [0.29, 0.717) is 6.54 Å². The van der Waals surface area contributed by atoms with Crippen molar-refractivity contribution in [2.75, 3.05) is 27.2 Å². The minimum absolute atomic E-state index is 0.00595. The number of amides is 2. The number of hydrogen-bond acceptors (Lipinski definition) is 3. The maximum Gasteiger partial charge on any atom is 0.573 e. The quantitative estimate of drug-likeness (QED) is 0.630. The molecule has 5 nitrogen and oxygen atoms in total. The van der Waals surface area contributed by atoms with Gasteiger partial charge in [0.2, 0.25) is 0 Å². The van der Waals surface area contributed by atoms with Gasteiger partial charge in [0, 0.05) is 25.7 Å². The summed E-state index contributed by atoms with van der Waals surface area (Å²) in [4.78, 5) is 15.7. The molecule has 0 heterocycles. The first-order chi connectivity index (χ1) is 13.7. The van der Waals surface area contributed by atoms with Crippen molar-refractivity contribution in [1.29, 1.82) is 0 Å². The molecule has 0 radical (unpaired) electrons. The van der Waals surface area contributed by atoms with Crippen LogP contribution in [-0.2, 0) is 13.1 Å². The van der Waals surface area contributed by atoms with Gasteiger partial charge in [0.25, 0.3) is 0 Å². The molecule has 29 heavy (non-hydrogen) atoms. The fourth-order valence-corrected chi connectivity index (χ4v) is 2.84. The van der Waals surface area contributed by atoms with Gasteiger partial charge in [0.1, 0.15) is 5.75 Å². The summed E-state index contributed by atoms with van der Waals surface area (Å²) >= 11 is 0. The molecule has 2 rings (SSSR count). The lowest BCUT2D eigenvalue weighted by atomic mass is 10.2. The summed E-state index contributed by atoms with van der Waals surface area (Å²) in [6.45, 7) is 2.11. The second-order valence-corrected chi connectivity index (χ2v) is 6.82. The Labute approximate surface area is 169 Å². The number of carbonyl (C=O) groups is 1. The number of alkyl halides is 3. The Morgan fingerprint density at radius 3 is 2.34 bits per heavy atom. The highest BCUT2D eigenvalue weighted by molar-refractivity contribution is 5.73. The summed E-state index contributed by atoms with van der Waals surface area (Å²) in [5.74, 6) is -0.304. The first-order valence-corrected chi connectivity index (χ1v) is 9.29. The minimum atomic E-state index is -4.78. The average Bonchev–Trinajstić information content (AvgIpc) is 2.66. The van der Waals surface area contributed by atoms with Crippen molar-refractivity contribution in [3.8, 4) is 5.75 Å². The molecule has 1 N–H and O–H groups in total. The van der Waals surface area contributed by atoms with Gasteiger partial charge in [-0.1, -0.05) is 48.5 Å². The normalized spacial score (nSPS) is 11.4. The van der Waals surface area contributed by atoms with E-state index in [1.165, 1.54) is 35.7 Å². The molecular formula is C21H26F3N3O2. The van der Waals surface area contributed by atoms with E-state index in [-0.39, 0.29) is 23.9 Å². The number of halogens is 3. The van der Waals surface area contributed by atoms with Gasteiger partial charge in [-0.2, -0.15) is 0 Å². The predicted octanol–water partition coefficient (Wildman–Crippen LogP) is 4.25. The maximum atomic E-state index is 12.5. The minimum Gasteiger partial charge on any atom is -0.405 e. The fourth-order valence-electron chi connectivity index (χ4n) is 2.84. The van der Waals surface area contributed by atoms with E-state index in [2.05, 4.69) is 27.1 Å². The third-order valence-electron chi connectivity index (χ3n) is 4.24. The molecule has 0 spiro atoms. The molecule has 0 aliphatic carbocycles. The molecule has 0 saturated heterocycles. The maximum absolute atomic E-state index is 12.5. The third kappa shape index (κ3) is 8.43. The lowest BCUT2D eigenvalue weighted by Crippen LogP contribution is -2.38. The molecule has 158 valence electrons. The van der Waals surface area contributed by atoms with Gasteiger partial charge in [-0.15, -0.1) is 13.2 Å². The lowest BCUT2D eigenvalue weighted by Gasteiger charge is -2.21. The highest BCUT2D eigenvalue weighted by Gasteiger charge is 2.32. The lowest BCUT2D eigenvalue weighted by molar-refractivity contribution is -0.275. The molecule has 8 heteroatoms. The highest BCUT2D eigenvalue weighted by Crippen LogP contribution is 2.26. The van der Waals surface area contributed by atoms with Crippen LogP contribution < -0.4 is 10.1 Å². The Bertz CT molecular complexity index is 769. The molecule has 2 aromatic rings. The number of rotatable bonds is 9.